The van der Waals surface area contributed by atoms with Gasteiger partial charge in [0.2, 0.25) is 15.9 Å². The molecule has 23 heavy (non-hydrogen) atoms. The first kappa shape index (κ1) is 19.4. The number of methoxy groups -OCH3 is 1. The van der Waals surface area contributed by atoms with Crippen molar-refractivity contribution in [3.63, 3.8) is 0 Å². The van der Waals surface area contributed by atoms with Gasteiger partial charge in [-0.05, 0) is 45.4 Å². The van der Waals surface area contributed by atoms with E-state index in [9.17, 15) is 13.2 Å². The molecule has 1 aromatic carbocycles. The molecule has 0 saturated carbocycles. The number of nitrogens with zero attached hydrogens (tertiary/aromatic N) is 1. The van der Waals surface area contributed by atoms with E-state index >= 15 is 0 Å². The average Bonchev–Trinajstić information content (AvgIpc) is 2.35. The highest BCUT2D eigenvalue weighted by molar-refractivity contribution is 7.88. The molecule has 0 aromatic heterocycles. The molecule has 0 unspecified atom stereocenters. The van der Waals surface area contributed by atoms with Gasteiger partial charge in [0.1, 0.15) is 5.75 Å². The Labute approximate surface area is 138 Å². The number of hydrogen-bond acceptors (Lipinski definition) is 4. The van der Waals surface area contributed by atoms with E-state index in [0.29, 0.717) is 11.4 Å². The SMILES string of the molecule is COc1ccc(C)cc1NC(=O)CCN(C(C)(C)C)S(C)(=O)=O. The summed E-state index contributed by atoms with van der Waals surface area (Å²) in [7, 11) is -1.85. The molecule has 1 rings (SSSR count). The third-order valence-electron chi connectivity index (χ3n) is 3.32. The van der Waals surface area contributed by atoms with Crippen LogP contribution in [-0.2, 0) is 14.8 Å². The fourth-order valence-corrected chi connectivity index (χ4v) is 3.75. The third-order valence-corrected chi connectivity index (χ3v) is 4.85. The van der Waals surface area contributed by atoms with E-state index in [-0.39, 0.29) is 18.9 Å². The van der Waals surface area contributed by atoms with Gasteiger partial charge >= 0.3 is 0 Å². The first-order chi connectivity index (χ1) is 10.4. The summed E-state index contributed by atoms with van der Waals surface area (Å²) in [5.41, 5.74) is 1.00. The van der Waals surface area contributed by atoms with Crippen LogP contribution in [-0.4, -0.2) is 44.1 Å². The summed E-state index contributed by atoms with van der Waals surface area (Å²) >= 11 is 0. The minimum Gasteiger partial charge on any atom is -0.495 e. The molecule has 7 heteroatoms. The topological polar surface area (TPSA) is 75.7 Å². The van der Waals surface area contributed by atoms with Crippen LogP contribution in [0.4, 0.5) is 5.69 Å². The van der Waals surface area contributed by atoms with Crippen molar-refractivity contribution >= 4 is 21.6 Å². The second-order valence-electron chi connectivity index (χ2n) is 6.51. The van der Waals surface area contributed by atoms with Gasteiger partial charge in [-0.1, -0.05) is 6.07 Å². The van der Waals surface area contributed by atoms with E-state index in [2.05, 4.69) is 5.32 Å². The summed E-state index contributed by atoms with van der Waals surface area (Å²) in [5, 5.41) is 2.78. The van der Waals surface area contributed by atoms with E-state index in [1.165, 1.54) is 11.4 Å². The van der Waals surface area contributed by atoms with Crippen molar-refractivity contribution in [3.8, 4) is 5.75 Å². The van der Waals surface area contributed by atoms with Crippen LogP contribution < -0.4 is 10.1 Å². The molecule has 0 fully saturated rings. The van der Waals surface area contributed by atoms with Gasteiger partial charge in [0.05, 0.1) is 19.1 Å². The molecule has 0 atom stereocenters. The first-order valence-electron chi connectivity index (χ1n) is 7.37. The number of ether oxygens (including phenoxy) is 1. The summed E-state index contributed by atoms with van der Waals surface area (Å²) in [5.74, 6) is 0.312. The maximum Gasteiger partial charge on any atom is 0.225 e. The summed E-state index contributed by atoms with van der Waals surface area (Å²) in [6.45, 7) is 7.45. The normalized spacial score (nSPS) is 12.3. The third kappa shape index (κ3) is 5.84. The number of hydrogen-bond donors (Lipinski definition) is 1. The zero-order chi connectivity index (χ0) is 17.8. The second-order valence-corrected chi connectivity index (χ2v) is 8.41. The number of anilines is 1. The summed E-state index contributed by atoms with van der Waals surface area (Å²) in [4.78, 5) is 12.2. The van der Waals surface area contributed by atoms with Gasteiger partial charge in [-0.3, -0.25) is 4.79 Å². The van der Waals surface area contributed by atoms with E-state index in [0.717, 1.165) is 11.8 Å². The highest BCUT2D eigenvalue weighted by Gasteiger charge is 2.29. The Kier molecular flexibility index (Phi) is 6.18. The lowest BCUT2D eigenvalue weighted by Gasteiger charge is -2.33. The van der Waals surface area contributed by atoms with Crippen LogP contribution in [0.1, 0.15) is 32.8 Å². The highest BCUT2D eigenvalue weighted by Crippen LogP contribution is 2.25. The monoisotopic (exact) mass is 342 g/mol. The number of nitrogens with one attached hydrogen (secondary N) is 1. The number of benzene rings is 1. The number of sulfonamides is 1. The molecular weight excluding hydrogens is 316 g/mol. The fourth-order valence-electron chi connectivity index (χ4n) is 2.33. The van der Waals surface area contributed by atoms with Gasteiger partial charge in [0, 0.05) is 18.5 Å². The minimum atomic E-state index is -3.38. The van der Waals surface area contributed by atoms with Crippen LogP contribution in [0.3, 0.4) is 0 Å². The fraction of sp³-hybridized carbons (Fsp3) is 0.562. The van der Waals surface area contributed by atoms with Crippen LogP contribution in [0.5, 0.6) is 5.75 Å². The largest absolute Gasteiger partial charge is 0.495 e. The molecule has 0 aliphatic heterocycles. The van der Waals surface area contributed by atoms with Crippen molar-refractivity contribution in [2.45, 2.75) is 39.7 Å². The van der Waals surface area contributed by atoms with Crippen LogP contribution in [0.15, 0.2) is 18.2 Å². The second kappa shape index (κ2) is 7.31. The zero-order valence-electron chi connectivity index (χ0n) is 14.6. The lowest BCUT2D eigenvalue weighted by molar-refractivity contribution is -0.116. The molecule has 0 saturated heterocycles. The smallest absolute Gasteiger partial charge is 0.225 e. The molecule has 6 nitrogen and oxygen atoms in total. The van der Waals surface area contributed by atoms with Gasteiger partial charge in [0.15, 0.2) is 0 Å². The van der Waals surface area contributed by atoms with Gasteiger partial charge in [-0.25, -0.2) is 8.42 Å². The quantitative estimate of drug-likeness (QED) is 0.861. The Morgan fingerprint density at radius 2 is 1.91 bits per heavy atom. The van der Waals surface area contributed by atoms with E-state index in [1.54, 1.807) is 26.8 Å². The van der Waals surface area contributed by atoms with Crippen molar-refractivity contribution in [3.05, 3.63) is 23.8 Å². The van der Waals surface area contributed by atoms with Crippen LogP contribution in [0.25, 0.3) is 0 Å². The number of amides is 1. The number of rotatable bonds is 6. The lowest BCUT2D eigenvalue weighted by atomic mass is 10.1. The van der Waals surface area contributed by atoms with Gasteiger partial charge in [-0.2, -0.15) is 4.31 Å². The predicted octanol–water partition coefficient (Wildman–Crippen LogP) is 2.39. The molecule has 0 radical (unpaired) electrons. The van der Waals surface area contributed by atoms with Crippen molar-refractivity contribution in [1.82, 2.24) is 4.31 Å². The Morgan fingerprint density at radius 1 is 1.30 bits per heavy atom. The summed E-state index contributed by atoms with van der Waals surface area (Å²) in [6, 6.07) is 5.48. The Balaban J connectivity index is 2.79. The number of aryl methyl sites for hydroxylation is 1. The summed E-state index contributed by atoms with van der Waals surface area (Å²) < 4.78 is 30.3. The van der Waals surface area contributed by atoms with Crippen molar-refractivity contribution < 1.29 is 17.9 Å². The van der Waals surface area contributed by atoms with E-state index in [1.807, 2.05) is 19.1 Å². The Hall–Kier alpha value is -1.60. The standard InChI is InChI=1S/C16H26N2O4S/c1-12-7-8-14(22-5)13(11-12)17-15(19)9-10-18(16(2,3)4)23(6,20)21/h7-8,11H,9-10H2,1-6H3,(H,17,19). The lowest BCUT2D eigenvalue weighted by Crippen LogP contribution is -2.46. The van der Waals surface area contributed by atoms with E-state index in [4.69, 9.17) is 4.74 Å². The molecule has 0 bridgehead atoms. The van der Waals surface area contributed by atoms with Gasteiger partial charge < -0.3 is 10.1 Å². The maximum atomic E-state index is 12.2. The Bertz CT molecular complexity index is 663. The maximum absolute atomic E-state index is 12.2. The van der Waals surface area contributed by atoms with Crippen molar-refractivity contribution in [1.29, 1.82) is 0 Å². The number of carbonyl (C=O) groups is 1. The summed E-state index contributed by atoms with van der Waals surface area (Å²) in [6.07, 6.45) is 1.22. The van der Waals surface area contributed by atoms with Crippen molar-refractivity contribution in [2.24, 2.45) is 0 Å². The van der Waals surface area contributed by atoms with Crippen LogP contribution in [0.2, 0.25) is 0 Å². The van der Waals surface area contributed by atoms with Gasteiger partial charge in [0.25, 0.3) is 0 Å². The molecular formula is C16H26N2O4S. The minimum absolute atomic E-state index is 0.0709. The van der Waals surface area contributed by atoms with Gasteiger partial charge in [-0.15, -0.1) is 0 Å². The molecule has 130 valence electrons. The van der Waals surface area contributed by atoms with Crippen LogP contribution in [0, 0.1) is 6.92 Å². The van der Waals surface area contributed by atoms with Crippen LogP contribution >= 0.6 is 0 Å². The molecule has 1 amide bonds. The number of carbonyl (C=O) groups excluding carboxylic acids is 1. The Morgan fingerprint density at radius 3 is 2.39 bits per heavy atom. The molecule has 0 spiro atoms. The molecule has 1 aromatic rings. The zero-order valence-corrected chi connectivity index (χ0v) is 15.5. The molecule has 0 aliphatic carbocycles. The molecule has 0 heterocycles. The molecule has 0 aliphatic rings. The predicted molar refractivity (Wildman–Crippen MR) is 92.3 cm³/mol. The average molecular weight is 342 g/mol. The first-order valence-corrected chi connectivity index (χ1v) is 9.22. The van der Waals surface area contributed by atoms with E-state index < -0.39 is 15.6 Å². The van der Waals surface area contributed by atoms with Crippen molar-refractivity contribution in [2.75, 3.05) is 25.2 Å². The molecule has 1 N–H and O–H groups in total. The highest BCUT2D eigenvalue weighted by atomic mass is 32.2.